The van der Waals surface area contributed by atoms with Crippen LogP contribution in [0, 0.1) is 22.0 Å². The molecule has 0 atom stereocenters. The maximum atomic E-state index is 12.5. The Hall–Kier alpha value is -2.58. The van der Waals surface area contributed by atoms with Crippen LogP contribution in [0.4, 0.5) is 5.69 Å². The molecule has 2 rings (SSSR count). The van der Waals surface area contributed by atoms with Gasteiger partial charge in [0, 0.05) is 29.1 Å². The summed E-state index contributed by atoms with van der Waals surface area (Å²) in [6.45, 7) is 8.76. The minimum absolute atomic E-state index is 0.0178. The van der Waals surface area contributed by atoms with Crippen molar-refractivity contribution in [3.63, 3.8) is 0 Å². The smallest absolute Gasteiger partial charge is 0.338 e. The Morgan fingerprint density at radius 2 is 1.66 bits per heavy atom. The van der Waals surface area contributed by atoms with Gasteiger partial charge in [0.1, 0.15) is 0 Å². The molecule has 2 aromatic rings. The molecule has 1 amide bonds. The van der Waals surface area contributed by atoms with Crippen LogP contribution in [0.15, 0.2) is 52.3 Å². The second-order valence-corrected chi connectivity index (χ2v) is 9.71. The third-order valence-corrected chi connectivity index (χ3v) is 5.61. The van der Waals surface area contributed by atoms with Crippen molar-refractivity contribution >= 4 is 40.9 Å². The molecule has 0 saturated carbocycles. The zero-order valence-electron chi connectivity index (χ0n) is 18.5. The molecule has 0 unspecified atom stereocenters. The van der Waals surface area contributed by atoms with Crippen LogP contribution in [-0.2, 0) is 9.53 Å². The van der Waals surface area contributed by atoms with Crippen molar-refractivity contribution in [3.8, 4) is 0 Å². The lowest BCUT2D eigenvalue weighted by Gasteiger charge is -2.26. The summed E-state index contributed by atoms with van der Waals surface area (Å²) in [5.74, 6) is -0.507. The Morgan fingerprint density at radius 1 is 1.06 bits per heavy atom. The molecular formula is C23H27ClN2O5S. The number of nitrogens with zero attached hydrogens (tertiary/aromatic N) is 2. The number of hydrogen-bond donors (Lipinski definition) is 0. The summed E-state index contributed by atoms with van der Waals surface area (Å²) in [7, 11) is 0. The molecule has 0 radical (unpaired) electrons. The van der Waals surface area contributed by atoms with E-state index >= 15 is 0 Å². The van der Waals surface area contributed by atoms with Crippen LogP contribution in [0.2, 0.25) is 5.02 Å². The zero-order valence-corrected chi connectivity index (χ0v) is 20.1. The van der Waals surface area contributed by atoms with Gasteiger partial charge in [-0.3, -0.25) is 14.9 Å². The normalized spacial score (nSPS) is 11.0. The van der Waals surface area contributed by atoms with Gasteiger partial charge in [0.05, 0.1) is 15.4 Å². The van der Waals surface area contributed by atoms with Crippen LogP contribution in [0.3, 0.4) is 0 Å². The van der Waals surface area contributed by atoms with Gasteiger partial charge in [-0.2, -0.15) is 0 Å². The predicted octanol–water partition coefficient (Wildman–Crippen LogP) is 5.70. The SMILES string of the molecule is CC(C)CN(CC(C)C)C(=O)COC(=O)c1ccc(Sc2ccc(Cl)cc2)c([N+](=O)[O-])c1. The van der Waals surface area contributed by atoms with Crippen LogP contribution in [0.25, 0.3) is 0 Å². The molecule has 0 spiro atoms. The van der Waals surface area contributed by atoms with E-state index in [-0.39, 0.29) is 29.0 Å². The van der Waals surface area contributed by atoms with Gasteiger partial charge in [0.25, 0.3) is 11.6 Å². The first kappa shape index (κ1) is 25.7. The van der Waals surface area contributed by atoms with E-state index in [2.05, 4.69) is 0 Å². The van der Waals surface area contributed by atoms with Gasteiger partial charge in [-0.1, -0.05) is 51.1 Å². The second kappa shape index (κ2) is 11.9. The number of halogens is 1. The first-order valence-electron chi connectivity index (χ1n) is 10.2. The molecule has 7 nitrogen and oxygen atoms in total. The molecule has 0 aliphatic carbocycles. The standard InChI is InChI=1S/C23H27ClN2O5S/c1-15(2)12-25(13-16(3)4)22(27)14-31-23(28)17-5-10-21(20(11-17)26(29)30)32-19-8-6-18(24)7-9-19/h5-11,15-16H,12-14H2,1-4H3. The molecule has 0 saturated heterocycles. The molecule has 0 N–H and O–H groups in total. The van der Waals surface area contributed by atoms with Crippen LogP contribution >= 0.6 is 23.4 Å². The Balaban J connectivity index is 2.10. The number of ether oxygens (including phenoxy) is 1. The fourth-order valence-corrected chi connectivity index (χ4v) is 3.99. The van der Waals surface area contributed by atoms with Crippen molar-refractivity contribution in [2.75, 3.05) is 19.7 Å². The average Bonchev–Trinajstić information content (AvgIpc) is 2.72. The number of amides is 1. The zero-order chi connectivity index (χ0) is 23.8. The largest absolute Gasteiger partial charge is 0.452 e. The summed E-state index contributed by atoms with van der Waals surface area (Å²) >= 11 is 7.07. The number of esters is 1. The minimum atomic E-state index is -0.779. The lowest BCUT2D eigenvalue weighted by molar-refractivity contribution is -0.387. The Morgan fingerprint density at radius 3 is 2.19 bits per heavy atom. The fourth-order valence-electron chi connectivity index (χ4n) is 2.96. The molecule has 0 fully saturated rings. The predicted molar refractivity (Wildman–Crippen MR) is 125 cm³/mol. The summed E-state index contributed by atoms with van der Waals surface area (Å²) < 4.78 is 5.17. The molecule has 0 aliphatic heterocycles. The van der Waals surface area contributed by atoms with Crippen LogP contribution in [-0.4, -0.2) is 41.4 Å². The molecule has 0 aromatic heterocycles. The van der Waals surface area contributed by atoms with Gasteiger partial charge in [-0.15, -0.1) is 0 Å². The number of carbonyl (C=O) groups excluding carboxylic acids is 2. The number of benzene rings is 2. The average molecular weight is 479 g/mol. The van der Waals surface area contributed by atoms with Crippen molar-refractivity contribution in [1.82, 2.24) is 4.90 Å². The van der Waals surface area contributed by atoms with Gasteiger partial charge >= 0.3 is 5.97 Å². The summed E-state index contributed by atoms with van der Waals surface area (Å²) in [4.78, 5) is 38.8. The van der Waals surface area contributed by atoms with Crippen molar-refractivity contribution in [3.05, 3.63) is 63.2 Å². The lowest BCUT2D eigenvalue weighted by atomic mass is 10.1. The summed E-state index contributed by atoms with van der Waals surface area (Å²) in [6, 6.07) is 11.0. The molecule has 9 heteroatoms. The van der Waals surface area contributed by atoms with Gasteiger partial charge in [-0.05, 0) is 48.2 Å². The van der Waals surface area contributed by atoms with Crippen molar-refractivity contribution < 1.29 is 19.2 Å². The highest BCUT2D eigenvalue weighted by Crippen LogP contribution is 2.35. The van der Waals surface area contributed by atoms with E-state index in [9.17, 15) is 19.7 Å². The molecule has 0 bridgehead atoms. The molecular weight excluding hydrogens is 452 g/mol. The van der Waals surface area contributed by atoms with E-state index in [4.69, 9.17) is 16.3 Å². The lowest BCUT2D eigenvalue weighted by Crippen LogP contribution is -2.39. The monoisotopic (exact) mass is 478 g/mol. The minimum Gasteiger partial charge on any atom is -0.452 e. The maximum absolute atomic E-state index is 12.5. The van der Waals surface area contributed by atoms with E-state index in [1.54, 1.807) is 29.2 Å². The molecule has 2 aromatic carbocycles. The number of nitro groups is 1. The van der Waals surface area contributed by atoms with Crippen molar-refractivity contribution in [2.45, 2.75) is 37.5 Å². The van der Waals surface area contributed by atoms with Gasteiger partial charge in [0.15, 0.2) is 6.61 Å². The molecule has 0 heterocycles. The first-order valence-corrected chi connectivity index (χ1v) is 11.4. The molecule has 0 aliphatic rings. The van der Waals surface area contributed by atoms with Crippen LogP contribution in [0.5, 0.6) is 0 Å². The van der Waals surface area contributed by atoms with Crippen LogP contribution < -0.4 is 0 Å². The van der Waals surface area contributed by atoms with Crippen LogP contribution in [0.1, 0.15) is 38.1 Å². The van der Waals surface area contributed by atoms with E-state index < -0.39 is 17.5 Å². The topological polar surface area (TPSA) is 89.8 Å². The van der Waals surface area contributed by atoms with E-state index in [0.29, 0.717) is 23.0 Å². The van der Waals surface area contributed by atoms with Gasteiger partial charge in [-0.25, -0.2) is 4.79 Å². The quantitative estimate of drug-likeness (QED) is 0.247. The van der Waals surface area contributed by atoms with Crippen molar-refractivity contribution in [1.29, 1.82) is 0 Å². The molecule has 32 heavy (non-hydrogen) atoms. The summed E-state index contributed by atoms with van der Waals surface area (Å²) in [5.41, 5.74) is -0.198. The Bertz CT molecular complexity index is 953. The Kier molecular flexibility index (Phi) is 9.53. The van der Waals surface area contributed by atoms with E-state index in [1.165, 1.54) is 30.0 Å². The molecule has 172 valence electrons. The van der Waals surface area contributed by atoms with E-state index in [0.717, 1.165) is 4.90 Å². The third-order valence-electron chi connectivity index (χ3n) is 4.28. The number of rotatable bonds is 10. The van der Waals surface area contributed by atoms with Gasteiger partial charge in [0.2, 0.25) is 0 Å². The number of hydrogen-bond acceptors (Lipinski definition) is 6. The second-order valence-electron chi connectivity index (χ2n) is 8.16. The fraction of sp³-hybridized carbons (Fsp3) is 0.391. The maximum Gasteiger partial charge on any atom is 0.338 e. The van der Waals surface area contributed by atoms with Crippen molar-refractivity contribution in [2.24, 2.45) is 11.8 Å². The third kappa shape index (κ3) is 7.84. The summed E-state index contributed by atoms with van der Waals surface area (Å²) in [6.07, 6.45) is 0. The van der Waals surface area contributed by atoms with Gasteiger partial charge < -0.3 is 9.64 Å². The highest BCUT2D eigenvalue weighted by molar-refractivity contribution is 7.99. The first-order chi connectivity index (χ1) is 15.1. The van der Waals surface area contributed by atoms with E-state index in [1.807, 2.05) is 27.7 Å². The summed E-state index contributed by atoms with van der Waals surface area (Å²) in [5, 5.41) is 12.1. The number of carbonyl (C=O) groups is 2. The highest BCUT2D eigenvalue weighted by Gasteiger charge is 2.22. The highest BCUT2D eigenvalue weighted by atomic mass is 35.5. The Labute approximate surface area is 197 Å². The number of nitro benzene ring substituents is 1.